The topological polar surface area (TPSA) is 51.4 Å². The Bertz CT molecular complexity index is 1310. The molecule has 1 unspecified atom stereocenters. The van der Waals surface area contributed by atoms with Gasteiger partial charge in [-0.25, -0.2) is 0 Å². The van der Waals surface area contributed by atoms with Crippen LogP contribution in [0.15, 0.2) is 66.9 Å². The molecule has 1 saturated heterocycles. The number of carbonyl (C=O) groups excluding carboxylic acids is 1. The van der Waals surface area contributed by atoms with E-state index in [-0.39, 0.29) is 11.9 Å². The smallest absolute Gasteiger partial charge is 0.261 e. The SMILES string of the molecule is CC/C=C/C(Cc1c[nH]c2ccccc12)NC(=O)c1cc2ccc(N3CCN(C)CC3)cc2s1. The van der Waals surface area contributed by atoms with Crippen molar-refractivity contribution in [3.05, 3.63) is 77.3 Å². The highest BCUT2D eigenvalue weighted by atomic mass is 32.1. The standard InChI is InChI=1S/C28H32N4OS/c1-3-4-7-22(16-21-19-29-25-9-6-5-8-24(21)25)30-28(33)27-17-20-10-11-23(18-26(20)34-27)32-14-12-31(2)13-15-32/h4-11,17-19,22,29H,3,12-16H2,1-2H3,(H,30,33)/b7-4+. The first kappa shape index (κ1) is 22.7. The van der Waals surface area contributed by atoms with Crippen molar-refractivity contribution in [1.82, 2.24) is 15.2 Å². The van der Waals surface area contributed by atoms with Crippen LogP contribution in [0.5, 0.6) is 0 Å². The second-order valence-electron chi connectivity index (χ2n) is 9.10. The number of thiophene rings is 1. The Hall–Kier alpha value is -3.09. The van der Waals surface area contributed by atoms with Crippen molar-refractivity contribution in [2.45, 2.75) is 25.8 Å². The van der Waals surface area contributed by atoms with Crippen molar-refractivity contribution >= 4 is 43.9 Å². The van der Waals surface area contributed by atoms with E-state index in [1.807, 2.05) is 12.1 Å². The summed E-state index contributed by atoms with van der Waals surface area (Å²) >= 11 is 1.58. The summed E-state index contributed by atoms with van der Waals surface area (Å²) in [6.45, 7) is 6.36. The maximum atomic E-state index is 13.2. The third-order valence-electron chi connectivity index (χ3n) is 6.63. The number of aromatic amines is 1. The zero-order valence-electron chi connectivity index (χ0n) is 19.9. The van der Waals surface area contributed by atoms with E-state index < -0.39 is 0 Å². The van der Waals surface area contributed by atoms with Crippen LogP contribution in [0.2, 0.25) is 0 Å². The Morgan fingerprint density at radius 2 is 1.97 bits per heavy atom. The Balaban J connectivity index is 1.33. The molecule has 176 valence electrons. The summed E-state index contributed by atoms with van der Waals surface area (Å²) in [5.74, 6) is -0.00654. The van der Waals surface area contributed by atoms with Gasteiger partial charge < -0.3 is 20.1 Å². The Morgan fingerprint density at radius 3 is 2.79 bits per heavy atom. The van der Waals surface area contributed by atoms with E-state index >= 15 is 0 Å². The first-order chi connectivity index (χ1) is 16.6. The zero-order valence-corrected chi connectivity index (χ0v) is 20.7. The first-order valence-corrected chi connectivity index (χ1v) is 12.9. The number of nitrogens with zero attached hydrogens (tertiary/aromatic N) is 2. The molecule has 1 aliphatic rings. The van der Waals surface area contributed by atoms with Crippen LogP contribution in [-0.4, -0.2) is 55.1 Å². The third-order valence-corrected chi connectivity index (χ3v) is 7.73. The number of nitrogens with one attached hydrogen (secondary N) is 2. The lowest BCUT2D eigenvalue weighted by Gasteiger charge is -2.34. The average molecular weight is 473 g/mol. The molecule has 2 aromatic carbocycles. The largest absolute Gasteiger partial charge is 0.369 e. The van der Waals surface area contributed by atoms with E-state index in [4.69, 9.17) is 0 Å². The maximum absolute atomic E-state index is 13.2. The van der Waals surface area contributed by atoms with E-state index in [1.165, 1.54) is 21.3 Å². The molecule has 0 spiro atoms. The number of piperazine rings is 1. The van der Waals surface area contributed by atoms with Gasteiger partial charge in [0.1, 0.15) is 0 Å². The van der Waals surface area contributed by atoms with Gasteiger partial charge in [-0.3, -0.25) is 4.79 Å². The number of amides is 1. The predicted molar refractivity (Wildman–Crippen MR) is 144 cm³/mol. The fourth-order valence-electron chi connectivity index (χ4n) is 4.64. The van der Waals surface area contributed by atoms with Crippen molar-refractivity contribution in [3.63, 3.8) is 0 Å². The normalized spacial score (nSPS) is 16.0. The first-order valence-electron chi connectivity index (χ1n) is 12.1. The van der Waals surface area contributed by atoms with Crippen LogP contribution in [0.4, 0.5) is 5.69 Å². The Labute approximate surface area is 205 Å². The number of benzene rings is 2. The van der Waals surface area contributed by atoms with Gasteiger partial charge in [0.2, 0.25) is 0 Å². The number of likely N-dealkylation sites (N-methyl/N-ethyl adjacent to an activating group) is 1. The van der Waals surface area contributed by atoms with E-state index in [9.17, 15) is 4.79 Å². The molecule has 0 saturated carbocycles. The van der Waals surface area contributed by atoms with Gasteiger partial charge in [-0.1, -0.05) is 43.3 Å². The zero-order chi connectivity index (χ0) is 23.5. The molecule has 6 heteroatoms. The van der Waals surface area contributed by atoms with Gasteiger partial charge in [0, 0.05) is 53.7 Å². The number of allylic oxidation sites excluding steroid dienone is 1. The number of hydrogen-bond acceptors (Lipinski definition) is 4. The molecule has 1 fully saturated rings. The molecule has 0 bridgehead atoms. The van der Waals surface area contributed by atoms with E-state index in [0.29, 0.717) is 0 Å². The fraction of sp³-hybridized carbons (Fsp3) is 0.321. The molecule has 1 aliphatic heterocycles. The Kier molecular flexibility index (Phi) is 6.70. The molecular weight excluding hydrogens is 440 g/mol. The summed E-state index contributed by atoms with van der Waals surface area (Å²) in [6, 6.07) is 16.9. The highest BCUT2D eigenvalue weighted by Gasteiger charge is 2.18. The summed E-state index contributed by atoms with van der Waals surface area (Å²) in [5, 5.41) is 5.61. The van der Waals surface area contributed by atoms with Gasteiger partial charge in [-0.15, -0.1) is 11.3 Å². The van der Waals surface area contributed by atoms with E-state index in [0.717, 1.165) is 54.8 Å². The number of rotatable bonds is 7. The summed E-state index contributed by atoms with van der Waals surface area (Å²) < 4.78 is 1.17. The average Bonchev–Trinajstić information content (AvgIpc) is 3.47. The van der Waals surface area contributed by atoms with Crippen molar-refractivity contribution in [2.75, 3.05) is 38.1 Å². The van der Waals surface area contributed by atoms with Crippen LogP contribution >= 0.6 is 11.3 Å². The van der Waals surface area contributed by atoms with Gasteiger partial charge in [-0.05, 0) is 55.1 Å². The molecule has 34 heavy (non-hydrogen) atoms. The summed E-state index contributed by atoms with van der Waals surface area (Å²) in [7, 11) is 2.17. The van der Waals surface area contributed by atoms with Crippen LogP contribution in [0.3, 0.4) is 0 Å². The van der Waals surface area contributed by atoms with Crippen molar-refractivity contribution in [3.8, 4) is 0 Å². The molecular formula is C28H32N4OS. The molecule has 1 amide bonds. The molecule has 4 aromatic rings. The second kappa shape index (κ2) is 10.0. The minimum absolute atomic E-state index is 0.00654. The number of fused-ring (bicyclic) bond motifs is 2. The van der Waals surface area contributed by atoms with Crippen LogP contribution in [0, 0.1) is 0 Å². The lowest BCUT2D eigenvalue weighted by molar-refractivity contribution is 0.0948. The van der Waals surface area contributed by atoms with E-state index in [2.05, 4.69) is 88.8 Å². The van der Waals surface area contributed by atoms with Crippen LogP contribution in [0.25, 0.3) is 21.0 Å². The van der Waals surface area contributed by atoms with E-state index in [1.54, 1.807) is 11.3 Å². The highest BCUT2D eigenvalue weighted by molar-refractivity contribution is 7.20. The van der Waals surface area contributed by atoms with Gasteiger partial charge >= 0.3 is 0 Å². The molecule has 1 atom stereocenters. The van der Waals surface area contributed by atoms with Crippen LogP contribution in [0.1, 0.15) is 28.6 Å². The van der Waals surface area contributed by atoms with Crippen LogP contribution < -0.4 is 10.2 Å². The predicted octanol–water partition coefficient (Wildman–Crippen LogP) is 5.44. The van der Waals surface area contributed by atoms with Crippen LogP contribution in [-0.2, 0) is 6.42 Å². The monoisotopic (exact) mass is 472 g/mol. The molecule has 0 radical (unpaired) electrons. The molecule has 5 nitrogen and oxygen atoms in total. The van der Waals surface area contributed by atoms with Crippen molar-refractivity contribution in [2.24, 2.45) is 0 Å². The summed E-state index contributed by atoms with van der Waals surface area (Å²) in [4.78, 5) is 22.2. The van der Waals surface area contributed by atoms with Gasteiger partial charge in [0.15, 0.2) is 0 Å². The van der Waals surface area contributed by atoms with Gasteiger partial charge in [-0.2, -0.15) is 0 Å². The molecule has 2 N–H and O–H groups in total. The molecule has 2 aromatic heterocycles. The lowest BCUT2D eigenvalue weighted by atomic mass is 10.0. The van der Waals surface area contributed by atoms with Crippen molar-refractivity contribution in [1.29, 1.82) is 0 Å². The molecule has 0 aliphatic carbocycles. The lowest BCUT2D eigenvalue weighted by Crippen LogP contribution is -2.44. The summed E-state index contributed by atoms with van der Waals surface area (Å²) in [6.07, 6.45) is 8.01. The number of anilines is 1. The number of H-pyrrole nitrogens is 1. The second-order valence-corrected chi connectivity index (χ2v) is 10.2. The van der Waals surface area contributed by atoms with Gasteiger partial charge in [0.25, 0.3) is 5.91 Å². The number of para-hydroxylation sites is 1. The molecule has 3 heterocycles. The van der Waals surface area contributed by atoms with Gasteiger partial charge in [0.05, 0.1) is 10.9 Å². The number of carbonyl (C=O) groups is 1. The fourth-order valence-corrected chi connectivity index (χ4v) is 5.64. The molecule has 5 rings (SSSR count). The number of hydrogen-bond donors (Lipinski definition) is 2. The number of aromatic nitrogens is 1. The quantitative estimate of drug-likeness (QED) is 0.352. The maximum Gasteiger partial charge on any atom is 0.261 e. The third kappa shape index (κ3) is 4.88. The van der Waals surface area contributed by atoms with Crippen molar-refractivity contribution < 1.29 is 4.79 Å². The minimum atomic E-state index is -0.0576. The highest BCUT2D eigenvalue weighted by Crippen LogP contribution is 2.30. The minimum Gasteiger partial charge on any atom is -0.369 e. The summed E-state index contributed by atoms with van der Waals surface area (Å²) in [5.41, 5.74) is 3.59. The Morgan fingerprint density at radius 1 is 1.15 bits per heavy atom.